The quantitative estimate of drug-likeness (QED) is 0.380. The molecular formula is C25H34O5. The summed E-state index contributed by atoms with van der Waals surface area (Å²) < 4.78 is 5.81. The second kappa shape index (κ2) is 13.0. The van der Waals surface area contributed by atoms with Gasteiger partial charge in [-0.3, -0.25) is 0 Å². The van der Waals surface area contributed by atoms with Crippen LogP contribution in [0.3, 0.4) is 0 Å². The first-order valence-corrected chi connectivity index (χ1v) is 10.9. The van der Waals surface area contributed by atoms with Crippen LogP contribution in [0.1, 0.15) is 73.4 Å². The smallest absolute Gasteiger partial charge is 0.339 e. The van der Waals surface area contributed by atoms with Crippen molar-refractivity contribution in [1.82, 2.24) is 0 Å². The van der Waals surface area contributed by atoms with E-state index in [4.69, 9.17) is 4.74 Å². The molecule has 0 unspecified atom stereocenters. The molecule has 0 spiro atoms. The number of aliphatic hydroxyl groups excluding tert-OH is 2. The number of unbranched alkanes of at least 4 members (excludes halogenated alkanes) is 2. The summed E-state index contributed by atoms with van der Waals surface area (Å²) in [4.78, 5) is 11.8. The number of aliphatic hydroxyl groups is 2. The maximum absolute atomic E-state index is 11.8. The van der Waals surface area contributed by atoms with Crippen LogP contribution in [0, 0.1) is 0 Å². The topological polar surface area (TPSA) is 87.0 Å². The van der Waals surface area contributed by atoms with Gasteiger partial charge in [0.1, 0.15) is 17.9 Å². The van der Waals surface area contributed by atoms with Gasteiger partial charge in [-0.2, -0.15) is 0 Å². The predicted molar refractivity (Wildman–Crippen MR) is 118 cm³/mol. The Labute approximate surface area is 179 Å². The predicted octanol–water partition coefficient (Wildman–Crippen LogP) is 4.98. The van der Waals surface area contributed by atoms with E-state index in [1.54, 1.807) is 13.0 Å². The van der Waals surface area contributed by atoms with Gasteiger partial charge in [0.05, 0.1) is 12.2 Å². The molecule has 3 N–H and O–H groups in total. The molecule has 0 bridgehead atoms. The molecule has 0 aliphatic carbocycles. The number of carboxylic acids is 1. The van der Waals surface area contributed by atoms with Gasteiger partial charge in [-0.15, -0.1) is 0 Å². The highest BCUT2D eigenvalue weighted by atomic mass is 16.5. The highest BCUT2D eigenvalue weighted by molar-refractivity contribution is 5.92. The highest BCUT2D eigenvalue weighted by Crippen LogP contribution is 2.25. The minimum atomic E-state index is -0.970. The molecule has 0 amide bonds. The van der Waals surface area contributed by atoms with Gasteiger partial charge in [0, 0.05) is 0 Å². The van der Waals surface area contributed by atoms with Crippen LogP contribution in [-0.4, -0.2) is 33.5 Å². The molecule has 0 aliphatic heterocycles. The van der Waals surface area contributed by atoms with E-state index >= 15 is 0 Å². The zero-order valence-corrected chi connectivity index (χ0v) is 17.8. The van der Waals surface area contributed by atoms with Gasteiger partial charge in [-0.25, -0.2) is 4.79 Å². The zero-order chi connectivity index (χ0) is 21.8. The fourth-order valence-corrected chi connectivity index (χ4v) is 3.55. The molecule has 5 nitrogen and oxygen atoms in total. The van der Waals surface area contributed by atoms with Gasteiger partial charge in [0.15, 0.2) is 0 Å². The van der Waals surface area contributed by atoms with Crippen LogP contribution in [-0.2, 0) is 13.0 Å². The van der Waals surface area contributed by atoms with E-state index in [9.17, 15) is 20.1 Å². The van der Waals surface area contributed by atoms with Crippen molar-refractivity contribution < 1.29 is 24.9 Å². The lowest BCUT2D eigenvalue weighted by atomic mass is 9.98. The number of aryl methyl sites for hydroxylation is 1. The van der Waals surface area contributed by atoms with E-state index in [1.807, 2.05) is 42.5 Å². The summed E-state index contributed by atoms with van der Waals surface area (Å²) >= 11 is 0. The molecule has 2 aromatic carbocycles. The van der Waals surface area contributed by atoms with E-state index in [1.165, 1.54) is 0 Å². The number of aromatic carboxylic acids is 1. The standard InChI is InChI=1S/C25H34O5/c1-19(26)10-8-16-22(27)15-7-3-6-13-21-14-9-17-23(24(21)25(28)29)30-18-20-11-4-2-5-12-20/h2,4-5,9,11-12,14,17,19,22,26-27H,3,6-8,10,13,15-16,18H2,1H3,(H,28,29)/t19-,22+/m0/s1. The number of hydrogen-bond donors (Lipinski definition) is 3. The van der Waals surface area contributed by atoms with Crippen LogP contribution in [0.5, 0.6) is 5.75 Å². The van der Waals surface area contributed by atoms with Gasteiger partial charge in [0.2, 0.25) is 0 Å². The van der Waals surface area contributed by atoms with Crippen molar-refractivity contribution in [3.8, 4) is 5.75 Å². The van der Waals surface area contributed by atoms with Crippen LogP contribution >= 0.6 is 0 Å². The summed E-state index contributed by atoms with van der Waals surface area (Å²) in [6.45, 7) is 2.09. The van der Waals surface area contributed by atoms with Crippen molar-refractivity contribution in [2.75, 3.05) is 0 Å². The monoisotopic (exact) mass is 414 g/mol. The number of ether oxygens (including phenoxy) is 1. The van der Waals surface area contributed by atoms with Crippen molar-refractivity contribution in [3.63, 3.8) is 0 Å². The van der Waals surface area contributed by atoms with E-state index in [-0.39, 0.29) is 17.8 Å². The molecule has 30 heavy (non-hydrogen) atoms. The Morgan fingerprint density at radius 1 is 0.900 bits per heavy atom. The Bertz CT molecular complexity index is 757. The third-order valence-electron chi connectivity index (χ3n) is 5.21. The Kier molecular flexibility index (Phi) is 10.4. The average Bonchev–Trinajstić information content (AvgIpc) is 2.72. The van der Waals surface area contributed by atoms with Crippen molar-refractivity contribution >= 4 is 5.97 Å². The number of benzene rings is 2. The van der Waals surface area contributed by atoms with Crippen molar-refractivity contribution in [2.24, 2.45) is 0 Å². The number of carbonyl (C=O) groups is 1. The largest absolute Gasteiger partial charge is 0.488 e. The number of rotatable bonds is 14. The van der Waals surface area contributed by atoms with Gasteiger partial charge in [0.25, 0.3) is 0 Å². The molecule has 2 rings (SSSR count). The molecule has 0 radical (unpaired) electrons. The van der Waals surface area contributed by atoms with Gasteiger partial charge in [-0.05, 0) is 62.6 Å². The second-order valence-corrected chi connectivity index (χ2v) is 7.90. The van der Waals surface area contributed by atoms with Crippen LogP contribution in [0.25, 0.3) is 0 Å². The van der Waals surface area contributed by atoms with Crippen LogP contribution in [0.15, 0.2) is 48.5 Å². The first kappa shape index (κ1) is 23.9. The fraction of sp³-hybridized carbons (Fsp3) is 0.480. The van der Waals surface area contributed by atoms with Crippen LogP contribution in [0.4, 0.5) is 0 Å². The molecule has 164 valence electrons. The third-order valence-corrected chi connectivity index (χ3v) is 5.21. The minimum Gasteiger partial charge on any atom is -0.488 e. The van der Waals surface area contributed by atoms with E-state index in [0.29, 0.717) is 18.8 Å². The van der Waals surface area contributed by atoms with Crippen molar-refractivity contribution in [1.29, 1.82) is 0 Å². The molecule has 2 atom stereocenters. The second-order valence-electron chi connectivity index (χ2n) is 7.90. The fourth-order valence-electron chi connectivity index (χ4n) is 3.55. The molecule has 0 aromatic heterocycles. The Morgan fingerprint density at radius 3 is 2.33 bits per heavy atom. The van der Waals surface area contributed by atoms with Gasteiger partial charge < -0.3 is 20.1 Å². The molecule has 0 saturated carbocycles. The van der Waals surface area contributed by atoms with E-state index in [2.05, 4.69) is 0 Å². The molecule has 5 heteroatoms. The Hall–Kier alpha value is -2.37. The lowest BCUT2D eigenvalue weighted by molar-refractivity contribution is 0.0690. The Balaban J connectivity index is 1.81. The molecule has 0 heterocycles. The summed E-state index contributed by atoms with van der Waals surface area (Å²) in [5.41, 5.74) is 2.02. The summed E-state index contributed by atoms with van der Waals surface area (Å²) in [7, 11) is 0. The number of hydrogen-bond acceptors (Lipinski definition) is 4. The first-order chi connectivity index (χ1) is 14.5. The van der Waals surface area contributed by atoms with E-state index in [0.717, 1.165) is 56.1 Å². The minimum absolute atomic E-state index is 0.242. The SMILES string of the molecule is C[C@H](O)CCC[C@H](O)CCCCCc1cccc(OCc2ccccc2)c1C(=O)O. The normalized spacial score (nSPS) is 13.0. The highest BCUT2D eigenvalue weighted by Gasteiger charge is 2.16. The molecule has 0 saturated heterocycles. The average molecular weight is 415 g/mol. The first-order valence-electron chi connectivity index (χ1n) is 10.9. The summed E-state index contributed by atoms with van der Waals surface area (Å²) in [5.74, 6) is -0.570. The van der Waals surface area contributed by atoms with Gasteiger partial charge in [-0.1, -0.05) is 55.3 Å². The maximum atomic E-state index is 11.8. The zero-order valence-electron chi connectivity index (χ0n) is 17.8. The van der Waals surface area contributed by atoms with Crippen LogP contribution in [0.2, 0.25) is 0 Å². The molecular weight excluding hydrogens is 380 g/mol. The van der Waals surface area contributed by atoms with E-state index < -0.39 is 5.97 Å². The molecule has 0 fully saturated rings. The molecule has 0 aliphatic rings. The van der Waals surface area contributed by atoms with Crippen molar-refractivity contribution in [2.45, 2.75) is 77.1 Å². The third kappa shape index (κ3) is 8.56. The number of carboxylic acid groups (broad SMARTS) is 1. The lowest BCUT2D eigenvalue weighted by Gasteiger charge is -2.14. The van der Waals surface area contributed by atoms with Crippen molar-refractivity contribution in [3.05, 3.63) is 65.2 Å². The summed E-state index contributed by atoms with van der Waals surface area (Å²) in [6.07, 6.45) is 5.74. The summed E-state index contributed by atoms with van der Waals surface area (Å²) in [6, 6.07) is 15.1. The Morgan fingerprint density at radius 2 is 1.63 bits per heavy atom. The lowest BCUT2D eigenvalue weighted by Crippen LogP contribution is -2.09. The van der Waals surface area contributed by atoms with Gasteiger partial charge >= 0.3 is 5.97 Å². The summed E-state index contributed by atoms with van der Waals surface area (Å²) in [5, 5.41) is 29.0. The maximum Gasteiger partial charge on any atom is 0.339 e. The molecule has 2 aromatic rings. The van der Waals surface area contributed by atoms with Crippen LogP contribution < -0.4 is 4.74 Å².